The maximum absolute atomic E-state index is 12.2. The fraction of sp³-hybridized carbons (Fsp3) is 0.529. The molecule has 0 aliphatic rings. The van der Waals surface area contributed by atoms with Crippen LogP contribution in [0.25, 0.3) is 0 Å². The van der Waals surface area contributed by atoms with Gasteiger partial charge in [0.15, 0.2) is 0 Å². The number of hydrogen-bond acceptors (Lipinski definition) is 5. The number of rotatable bonds is 9. The number of benzene rings is 1. The smallest absolute Gasteiger partial charge is 0.314 e. The molecule has 0 bridgehead atoms. The first-order valence-electron chi connectivity index (χ1n) is 7.64. The Balaban J connectivity index is 2.64. The molecule has 1 rings (SSSR count). The van der Waals surface area contributed by atoms with Gasteiger partial charge in [-0.15, -0.1) is 0 Å². The number of carbonyl (C=O) groups is 2. The number of hydrogen-bond donors (Lipinski definition) is 0. The van der Waals surface area contributed by atoms with Gasteiger partial charge in [0.1, 0.15) is 0 Å². The zero-order valence-corrected chi connectivity index (χ0v) is 13.6. The van der Waals surface area contributed by atoms with Crippen LogP contribution in [0.4, 0.5) is 0 Å². The number of nitrogens with zero attached hydrogens (tertiary/aromatic N) is 1. The van der Waals surface area contributed by atoms with Crippen LogP contribution in [0.3, 0.4) is 0 Å². The van der Waals surface area contributed by atoms with Gasteiger partial charge in [0.2, 0.25) is 0 Å². The third-order valence-electron chi connectivity index (χ3n) is 3.27. The van der Waals surface area contributed by atoms with Crippen molar-refractivity contribution >= 4 is 11.9 Å². The fourth-order valence-corrected chi connectivity index (χ4v) is 2.16. The average Bonchev–Trinajstić information content (AvgIpc) is 2.52. The Kier molecular flexibility index (Phi) is 8.22. The summed E-state index contributed by atoms with van der Waals surface area (Å²) in [5.74, 6) is -0.813. The molecule has 22 heavy (non-hydrogen) atoms. The fourth-order valence-electron chi connectivity index (χ4n) is 2.16. The lowest BCUT2D eigenvalue weighted by Crippen LogP contribution is -2.31. The Morgan fingerprint density at radius 3 is 2.32 bits per heavy atom. The molecule has 0 spiro atoms. The molecule has 0 fully saturated rings. The summed E-state index contributed by atoms with van der Waals surface area (Å²) in [6, 6.07) is 9.55. The summed E-state index contributed by atoms with van der Waals surface area (Å²) in [5.41, 5.74) is 0.920. The molecule has 1 atom stereocenters. The summed E-state index contributed by atoms with van der Waals surface area (Å²) in [6.07, 6.45) is 0.314. The molecule has 0 saturated carbocycles. The molecule has 0 heterocycles. The minimum atomic E-state index is -0.353. The Labute approximate surface area is 132 Å². The highest BCUT2D eigenvalue weighted by Crippen LogP contribution is 2.18. The van der Waals surface area contributed by atoms with Crippen LogP contribution in [-0.2, 0) is 19.1 Å². The second-order valence-electron chi connectivity index (χ2n) is 5.03. The van der Waals surface area contributed by atoms with Gasteiger partial charge in [-0.3, -0.25) is 9.59 Å². The Morgan fingerprint density at radius 1 is 1.09 bits per heavy atom. The van der Waals surface area contributed by atoms with Gasteiger partial charge in [-0.2, -0.15) is 0 Å². The SMILES string of the molecule is CCOC(=O)CCN(C)C[C@H](C(=O)OCC)c1ccccc1. The monoisotopic (exact) mass is 307 g/mol. The lowest BCUT2D eigenvalue weighted by molar-refractivity contribution is -0.145. The van der Waals surface area contributed by atoms with E-state index < -0.39 is 0 Å². The van der Waals surface area contributed by atoms with Crippen molar-refractivity contribution in [2.45, 2.75) is 26.2 Å². The summed E-state index contributed by atoms with van der Waals surface area (Å²) in [7, 11) is 1.88. The molecule has 0 aliphatic heterocycles. The van der Waals surface area contributed by atoms with E-state index in [1.807, 2.05) is 42.3 Å². The summed E-state index contributed by atoms with van der Waals surface area (Å²) in [4.78, 5) is 25.5. The van der Waals surface area contributed by atoms with Gasteiger partial charge >= 0.3 is 11.9 Å². The van der Waals surface area contributed by atoms with Gasteiger partial charge in [0, 0.05) is 13.1 Å². The molecular weight excluding hydrogens is 282 g/mol. The van der Waals surface area contributed by atoms with Crippen LogP contribution in [0.5, 0.6) is 0 Å². The van der Waals surface area contributed by atoms with Gasteiger partial charge in [-0.05, 0) is 26.5 Å². The first-order chi connectivity index (χ1) is 10.6. The Morgan fingerprint density at radius 2 is 1.73 bits per heavy atom. The number of carbonyl (C=O) groups excluding carboxylic acids is 2. The highest BCUT2D eigenvalue weighted by Gasteiger charge is 2.23. The van der Waals surface area contributed by atoms with Gasteiger partial charge in [0.05, 0.1) is 25.6 Å². The Hall–Kier alpha value is -1.88. The lowest BCUT2D eigenvalue weighted by atomic mass is 9.98. The third-order valence-corrected chi connectivity index (χ3v) is 3.27. The van der Waals surface area contributed by atoms with E-state index in [2.05, 4.69) is 0 Å². The van der Waals surface area contributed by atoms with E-state index in [0.29, 0.717) is 32.7 Å². The first-order valence-corrected chi connectivity index (χ1v) is 7.64. The van der Waals surface area contributed by atoms with E-state index in [0.717, 1.165) is 5.56 Å². The molecule has 0 N–H and O–H groups in total. The maximum Gasteiger partial charge on any atom is 0.314 e. The summed E-state index contributed by atoms with van der Waals surface area (Å²) >= 11 is 0. The van der Waals surface area contributed by atoms with Gasteiger partial charge in [0.25, 0.3) is 0 Å². The second-order valence-corrected chi connectivity index (χ2v) is 5.03. The van der Waals surface area contributed by atoms with Crippen molar-refractivity contribution in [3.8, 4) is 0 Å². The standard InChI is InChI=1S/C17H25NO4/c1-4-21-16(19)11-12-18(3)13-15(17(20)22-5-2)14-9-7-6-8-10-14/h6-10,15H,4-5,11-13H2,1-3H3/t15-/m0/s1. The molecule has 122 valence electrons. The molecule has 0 amide bonds. The van der Waals surface area contributed by atoms with Gasteiger partial charge < -0.3 is 14.4 Å². The summed E-state index contributed by atoms with van der Waals surface area (Å²) in [5, 5.41) is 0. The minimum absolute atomic E-state index is 0.221. The minimum Gasteiger partial charge on any atom is -0.466 e. The molecular formula is C17H25NO4. The first kappa shape index (κ1) is 18.2. The largest absolute Gasteiger partial charge is 0.466 e. The zero-order chi connectivity index (χ0) is 16.4. The van der Waals surface area contributed by atoms with Crippen LogP contribution in [0.2, 0.25) is 0 Å². The molecule has 0 aliphatic carbocycles. The van der Waals surface area contributed by atoms with E-state index in [4.69, 9.17) is 9.47 Å². The Bertz CT molecular complexity index is 461. The van der Waals surface area contributed by atoms with Crippen LogP contribution in [0, 0.1) is 0 Å². The van der Waals surface area contributed by atoms with Crippen molar-refractivity contribution in [1.82, 2.24) is 4.90 Å². The summed E-state index contributed by atoms with van der Waals surface area (Å²) in [6.45, 7) is 5.37. The van der Waals surface area contributed by atoms with Crippen molar-refractivity contribution < 1.29 is 19.1 Å². The lowest BCUT2D eigenvalue weighted by Gasteiger charge is -2.23. The second kappa shape index (κ2) is 9.95. The van der Waals surface area contributed by atoms with E-state index in [1.165, 1.54) is 0 Å². The molecule has 5 heteroatoms. The molecule has 1 aromatic rings. The number of ether oxygens (including phenoxy) is 2. The van der Waals surface area contributed by atoms with E-state index in [-0.39, 0.29) is 17.9 Å². The molecule has 0 unspecified atom stereocenters. The highest BCUT2D eigenvalue weighted by atomic mass is 16.5. The maximum atomic E-state index is 12.2. The van der Waals surface area contributed by atoms with E-state index in [1.54, 1.807) is 13.8 Å². The molecule has 5 nitrogen and oxygen atoms in total. The zero-order valence-electron chi connectivity index (χ0n) is 13.6. The normalized spacial score (nSPS) is 12.0. The van der Waals surface area contributed by atoms with Crippen molar-refractivity contribution in [1.29, 1.82) is 0 Å². The quantitative estimate of drug-likeness (QED) is 0.655. The van der Waals surface area contributed by atoms with Crippen LogP contribution in [0.15, 0.2) is 30.3 Å². The third kappa shape index (κ3) is 6.26. The van der Waals surface area contributed by atoms with Crippen LogP contribution in [0.1, 0.15) is 31.7 Å². The summed E-state index contributed by atoms with van der Waals surface area (Å²) < 4.78 is 10.1. The predicted octanol–water partition coefficient (Wildman–Crippen LogP) is 2.22. The molecule has 1 aromatic carbocycles. The van der Waals surface area contributed by atoms with Crippen molar-refractivity contribution in [3.05, 3.63) is 35.9 Å². The highest BCUT2D eigenvalue weighted by molar-refractivity contribution is 5.78. The van der Waals surface area contributed by atoms with Gasteiger partial charge in [-0.1, -0.05) is 30.3 Å². The van der Waals surface area contributed by atoms with Crippen LogP contribution < -0.4 is 0 Å². The average molecular weight is 307 g/mol. The van der Waals surface area contributed by atoms with E-state index in [9.17, 15) is 9.59 Å². The van der Waals surface area contributed by atoms with Crippen LogP contribution in [-0.4, -0.2) is 50.2 Å². The number of esters is 2. The molecule has 0 radical (unpaired) electrons. The molecule has 0 aromatic heterocycles. The van der Waals surface area contributed by atoms with Crippen LogP contribution >= 0.6 is 0 Å². The molecule has 0 saturated heterocycles. The van der Waals surface area contributed by atoms with Crippen molar-refractivity contribution in [2.75, 3.05) is 33.4 Å². The van der Waals surface area contributed by atoms with Crippen molar-refractivity contribution in [3.63, 3.8) is 0 Å². The number of likely N-dealkylation sites (N-methyl/N-ethyl adjacent to an activating group) is 1. The van der Waals surface area contributed by atoms with Crippen molar-refractivity contribution in [2.24, 2.45) is 0 Å². The predicted molar refractivity (Wildman–Crippen MR) is 84.6 cm³/mol. The van der Waals surface area contributed by atoms with Gasteiger partial charge in [-0.25, -0.2) is 0 Å². The topological polar surface area (TPSA) is 55.8 Å². The van der Waals surface area contributed by atoms with E-state index >= 15 is 0 Å².